The predicted molar refractivity (Wildman–Crippen MR) is 45.3 cm³/mol. The Morgan fingerprint density at radius 3 is 2.31 bits per heavy atom. The second kappa shape index (κ2) is 4.05. The van der Waals surface area contributed by atoms with Crippen molar-refractivity contribution in [2.45, 2.75) is 45.1 Å². The molecule has 0 aromatic rings. The van der Waals surface area contributed by atoms with Gasteiger partial charge in [0, 0.05) is 5.92 Å². The topological polar surface area (TPSA) is 46.5 Å². The number of hydrogen-bond acceptors (Lipinski definition) is 2. The molecule has 0 aromatic carbocycles. The van der Waals surface area contributed by atoms with Crippen molar-refractivity contribution in [3.05, 3.63) is 0 Å². The van der Waals surface area contributed by atoms with E-state index >= 15 is 0 Å². The van der Waals surface area contributed by atoms with Gasteiger partial charge < -0.3 is 9.84 Å². The molecule has 1 heterocycles. The van der Waals surface area contributed by atoms with E-state index in [2.05, 4.69) is 0 Å². The Kier molecular flexibility index (Phi) is 3.25. The molecule has 1 aliphatic rings. The van der Waals surface area contributed by atoms with Crippen molar-refractivity contribution in [1.29, 1.82) is 0 Å². The molecule has 0 saturated carbocycles. The second-order valence-electron chi connectivity index (χ2n) is 3.73. The fraction of sp³-hybridized carbons (Fsp3) is 0.889. The third-order valence-electron chi connectivity index (χ3n) is 2.38. The summed E-state index contributed by atoms with van der Waals surface area (Å²) in [6, 6.07) is 0. The van der Waals surface area contributed by atoms with Gasteiger partial charge in [0.2, 0.25) is 0 Å². The number of carbonyl (C=O) groups is 1. The highest BCUT2D eigenvalue weighted by Crippen LogP contribution is 2.28. The van der Waals surface area contributed by atoms with Crippen LogP contribution in [0.4, 0.5) is 4.39 Å². The van der Waals surface area contributed by atoms with Gasteiger partial charge in [0.25, 0.3) is 0 Å². The third-order valence-corrected chi connectivity index (χ3v) is 2.38. The van der Waals surface area contributed by atoms with Gasteiger partial charge in [-0.05, 0) is 26.7 Å². The first-order valence-corrected chi connectivity index (χ1v) is 4.53. The maximum atomic E-state index is 13.1. The molecule has 1 aliphatic heterocycles. The number of halogens is 1. The fourth-order valence-electron chi connectivity index (χ4n) is 1.90. The number of alkyl halides is 1. The first-order chi connectivity index (χ1) is 6.00. The van der Waals surface area contributed by atoms with Gasteiger partial charge in [-0.1, -0.05) is 0 Å². The molecule has 1 N–H and O–H groups in total. The lowest BCUT2D eigenvalue weighted by molar-refractivity contribution is -0.148. The Morgan fingerprint density at radius 1 is 1.46 bits per heavy atom. The first-order valence-electron chi connectivity index (χ1n) is 4.53. The molecule has 1 saturated heterocycles. The zero-order valence-electron chi connectivity index (χ0n) is 7.87. The molecule has 13 heavy (non-hydrogen) atoms. The lowest BCUT2D eigenvalue weighted by atomic mass is 9.89. The monoisotopic (exact) mass is 190 g/mol. The number of rotatable bonds is 2. The van der Waals surface area contributed by atoms with E-state index in [0.717, 1.165) is 0 Å². The number of ether oxygens (including phenoxy) is 1. The highest BCUT2D eigenvalue weighted by Gasteiger charge is 2.34. The summed E-state index contributed by atoms with van der Waals surface area (Å²) in [6.07, 6.45) is -0.818. The van der Waals surface area contributed by atoms with E-state index in [1.54, 1.807) is 0 Å². The molecule has 0 amide bonds. The normalized spacial score (nSPS) is 37.0. The summed E-state index contributed by atoms with van der Waals surface area (Å²) in [5.41, 5.74) is 0. The molecule has 0 aromatic heterocycles. The minimum Gasteiger partial charge on any atom is -0.479 e. The Balaban J connectivity index is 2.54. The van der Waals surface area contributed by atoms with Crippen LogP contribution in [-0.2, 0) is 9.53 Å². The molecule has 0 aliphatic carbocycles. The molecule has 2 unspecified atom stereocenters. The highest BCUT2D eigenvalue weighted by atomic mass is 19.1. The average Bonchev–Trinajstić information content (AvgIpc) is 2.01. The quantitative estimate of drug-likeness (QED) is 0.719. The SMILES string of the molecule is C[C@@H]1CC(C(F)C(=O)O)C[C@H](C)O1. The van der Waals surface area contributed by atoms with Crippen molar-refractivity contribution >= 4 is 5.97 Å². The maximum Gasteiger partial charge on any atom is 0.338 e. The Labute approximate surface area is 76.9 Å². The van der Waals surface area contributed by atoms with Crippen LogP contribution in [0, 0.1) is 5.92 Å². The number of carboxylic acids is 1. The summed E-state index contributed by atoms with van der Waals surface area (Å²) in [5.74, 6) is -1.75. The van der Waals surface area contributed by atoms with Crippen LogP contribution >= 0.6 is 0 Å². The van der Waals surface area contributed by atoms with Gasteiger partial charge in [-0.15, -0.1) is 0 Å². The lowest BCUT2D eigenvalue weighted by Gasteiger charge is -2.32. The minimum absolute atomic E-state index is 0.0358. The summed E-state index contributed by atoms with van der Waals surface area (Å²) in [7, 11) is 0. The fourth-order valence-corrected chi connectivity index (χ4v) is 1.90. The van der Waals surface area contributed by atoms with E-state index in [0.29, 0.717) is 12.8 Å². The second-order valence-corrected chi connectivity index (χ2v) is 3.73. The Bertz CT molecular complexity index is 185. The lowest BCUT2D eigenvalue weighted by Crippen LogP contribution is -2.36. The van der Waals surface area contributed by atoms with Crippen molar-refractivity contribution in [2.75, 3.05) is 0 Å². The number of hydrogen-bond donors (Lipinski definition) is 1. The summed E-state index contributed by atoms with van der Waals surface area (Å²) in [6.45, 7) is 3.69. The van der Waals surface area contributed by atoms with Crippen molar-refractivity contribution in [2.24, 2.45) is 5.92 Å². The molecule has 0 radical (unpaired) electrons. The molecular weight excluding hydrogens is 175 g/mol. The van der Waals surface area contributed by atoms with Gasteiger partial charge in [0.05, 0.1) is 12.2 Å². The molecular formula is C9H15FO3. The summed E-state index contributed by atoms with van der Waals surface area (Å²) in [5, 5.41) is 8.49. The van der Waals surface area contributed by atoms with Gasteiger partial charge in [0.1, 0.15) is 0 Å². The minimum atomic E-state index is -1.74. The van der Waals surface area contributed by atoms with E-state index < -0.39 is 18.1 Å². The highest BCUT2D eigenvalue weighted by molar-refractivity contribution is 5.72. The van der Waals surface area contributed by atoms with Crippen LogP contribution in [0.5, 0.6) is 0 Å². The van der Waals surface area contributed by atoms with Crippen molar-refractivity contribution < 1.29 is 19.0 Å². The van der Waals surface area contributed by atoms with Crippen LogP contribution in [-0.4, -0.2) is 29.5 Å². The van der Waals surface area contributed by atoms with Crippen molar-refractivity contribution in [1.82, 2.24) is 0 Å². The summed E-state index contributed by atoms with van der Waals surface area (Å²) >= 11 is 0. The van der Waals surface area contributed by atoms with Gasteiger partial charge in [-0.2, -0.15) is 0 Å². The van der Waals surface area contributed by atoms with E-state index in [4.69, 9.17) is 9.84 Å². The zero-order chi connectivity index (χ0) is 10.0. The van der Waals surface area contributed by atoms with E-state index in [-0.39, 0.29) is 12.2 Å². The standard InChI is InChI=1S/C9H15FO3/c1-5-3-7(4-6(2)13-5)8(10)9(11)12/h5-8H,3-4H2,1-2H3,(H,11,12)/t5-,6+,7?,8?. The van der Waals surface area contributed by atoms with Gasteiger partial charge >= 0.3 is 5.97 Å². The molecule has 3 nitrogen and oxygen atoms in total. The van der Waals surface area contributed by atoms with Crippen LogP contribution in [0.15, 0.2) is 0 Å². The maximum absolute atomic E-state index is 13.1. The molecule has 0 bridgehead atoms. The van der Waals surface area contributed by atoms with Gasteiger partial charge in [-0.3, -0.25) is 0 Å². The van der Waals surface area contributed by atoms with E-state index in [1.165, 1.54) is 0 Å². The predicted octanol–water partition coefficient (Wildman–Crippen LogP) is 1.61. The van der Waals surface area contributed by atoms with Crippen LogP contribution in [0.2, 0.25) is 0 Å². The first kappa shape index (κ1) is 10.4. The average molecular weight is 190 g/mol. The molecule has 4 heteroatoms. The Hall–Kier alpha value is -0.640. The Morgan fingerprint density at radius 2 is 1.92 bits per heavy atom. The largest absolute Gasteiger partial charge is 0.479 e. The van der Waals surface area contributed by atoms with Crippen LogP contribution in [0.25, 0.3) is 0 Å². The molecule has 1 fully saturated rings. The van der Waals surface area contributed by atoms with Crippen LogP contribution in [0.1, 0.15) is 26.7 Å². The van der Waals surface area contributed by atoms with Crippen LogP contribution < -0.4 is 0 Å². The zero-order valence-corrected chi connectivity index (χ0v) is 7.87. The number of carboxylic acid groups (broad SMARTS) is 1. The summed E-state index contributed by atoms with van der Waals surface area (Å²) < 4.78 is 18.5. The van der Waals surface area contributed by atoms with Crippen molar-refractivity contribution in [3.63, 3.8) is 0 Å². The molecule has 0 spiro atoms. The molecule has 4 atom stereocenters. The smallest absolute Gasteiger partial charge is 0.338 e. The number of aliphatic carboxylic acids is 1. The third kappa shape index (κ3) is 2.66. The van der Waals surface area contributed by atoms with E-state index in [9.17, 15) is 9.18 Å². The molecule has 1 rings (SSSR count). The van der Waals surface area contributed by atoms with Crippen LogP contribution in [0.3, 0.4) is 0 Å². The van der Waals surface area contributed by atoms with Gasteiger partial charge in [0.15, 0.2) is 6.17 Å². The summed E-state index contributed by atoms with van der Waals surface area (Å²) in [4.78, 5) is 10.4. The molecule has 76 valence electrons. The van der Waals surface area contributed by atoms with Crippen molar-refractivity contribution in [3.8, 4) is 0 Å². The van der Waals surface area contributed by atoms with E-state index in [1.807, 2.05) is 13.8 Å². The van der Waals surface area contributed by atoms with Gasteiger partial charge in [-0.25, -0.2) is 9.18 Å².